The molecule has 2 rings (SSSR count). The molecule has 1 fully saturated rings. The minimum Gasteiger partial charge on any atom is -0.384 e. The van der Waals surface area contributed by atoms with Crippen LogP contribution >= 0.6 is 39.7 Å². The summed E-state index contributed by atoms with van der Waals surface area (Å²) in [5.74, 6) is 0.108. The Balaban J connectivity index is 0.00000200. The summed E-state index contributed by atoms with van der Waals surface area (Å²) in [7, 11) is 1.66. The second-order valence-electron chi connectivity index (χ2n) is 4.84. The predicted octanol–water partition coefficient (Wildman–Crippen LogP) is 2.56. The molecule has 0 saturated carbocycles. The van der Waals surface area contributed by atoms with Crippen molar-refractivity contribution < 1.29 is 9.53 Å². The first-order valence-corrected chi connectivity index (χ1v) is 8.05. The standard InChI is InChI=1S/C13H19BrN2O2S.ClH/c1-18-9-13(3-5-15-6-4-13)12(17)16-8-11-10(14)2-7-19-11;/h2,7,15H,3-6,8-9H2,1H3,(H,16,17);1H. The fraction of sp³-hybridized carbons (Fsp3) is 0.615. The van der Waals surface area contributed by atoms with Gasteiger partial charge >= 0.3 is 0 Å². The molecule has 20 heavy (non-hydrogen) atoms. The third kappa shape index (κ3) is 4.18. The summed E-state index contributed by atoms with van der Waals surface area (Å²) < 4.78 is 6.33. The number of hydrogen-bond donors (Lipinski definition) is 2. The molecule has 2 N–H and O–H groups in total. The second kappa shape index (κ2) is 8.34. The first-order valence-electron chi connectivity index (χ1n) is 6.38. The summed E-state index contributed by atoms with van der Waals surface area (Å²) >= 11 is 5.13. The van der Waals surface area contributed by atoms with Gasteiger partial charge in [-0.15, -0.1) is 23.7 Å². The number of hydrogen-bond acceptors (Lipinski definition) is 4. The zero-order chi connectivity index (χ0) is 13.7. The van der Waals surface area contributed by atoms with Crippen LogP contribution in [0.1, 0.15) is 17.7 Å². The van der Waals surface area contributed by atoms with Crippen molar-refractivity contribution in [2.75, 3.05) is 26.8 Å². The fourth-order valence-electron chi connectivity index (χ4n) is 2.42. The number of rotatable bonds is 5. The molecule has 0 aromatic carbocycles. The molecule has 1 aromatic rings. The molecule has 0 unspecified atom stereocenters. The van der Waals surface area contributed by atoms with Crippen LogP contribution in [-0.2, 0) is 16.1 Å². The van der Waals surface area contributed by atoms with Crippen LogP contribution in [0.25, 0.3) is 0 Å². The molecule has 0 spiro atoms. The van der Waals surface area contributed by atoms with E-state index in [-0.39, 0.29) is 23.7 Å². The smallest absolute Gasteiger partial charge is 0.228 e. The molecule has 1 saturated heterocycles. The van der Waals surface area contributed by atoms with Gasteiger partial charge in [0, 0.05) is 16.5 Å². The van der Waals surface area contributed by atoms with Crippen LogP contribution in [0, 0.1) is 5.41 Å². The van der Waals surface area contributed by atoms with Crippen molar-refractivity contribution in [3.8, 4) is 0 Å². The zero-order valence-electron chi connectivity index (χ0n) is 11.4. The molecule has 0 radical (unpaired) electrons. The molecule has 1 amide bonds. The third-order valence-electron chi connectivity index (χ3n) is 3.56. The van der Waals surface area contributed by atoms with E-state index < -0.39 is 0 Å². The average Bonchev–Trinajstić information content (AvgIpc) is 2.83. The lowest BCUT2D eigenvalue weighted by Crippen LogP contribution is -2.49. The Morgan fingerprint density at radius 3 is 2.80 bits per heavy atom. The number of amides is 1. The maximum atomic E-state index is 12.5. The van der Waals surface area contributed by atoms with E-state index in [1.165, 1.54) is 0 Å². The van der Waals surface area contributed by atoms with Crippen molar-refractivity contribution in [1.82, 2.24) is 10.6 Å². The van der Waals surface area contributed by atoms with Crippen LogP contribution < -0.4 is 10.6 Å². The third-order valence-corrected chi connectivity index (χ3v) is 5.49. The maximum Gasteiger partial charge on any atom is 0.228 e. The van der Waals surface area contributed by atoms with E-state index >= 15 is 0 Å². The van der Waals surface area contributed by atoms with Gasteiger partial charge in [0.2, 0.25) is 5.91 Å². The summed E-state index contributed by atoms with van der Waals surface area (Å²) in [6, 6.07) is 2.00. The van der Waals surface area contributed by atoms with Gasteiger partial charge in [0.15, 0.2) is 0 Å². The van der Waals surface area contributed by atoms with Gasteiger partial charge < -0.3 is 15.4 Å². The molecule has 0 bridgehead atoms. The Morgan fingerprint density at radius 1 is 1.55 bits per heavy atom. The first kappa shape index (κ1) is 17.9. The van der Waals surface area contributed by atoms with Gasteiger partial charge in [0.25, 0.3) is 0 Å². The topological polar surface area (TPSA) is 50.4 Å². The van der Waals surface area contributed by atoms with Crippen molar-refractivity contribution in [2.45, 2.75) is 19.4 Å². The monoisotopic (exact) mass is 382 g/mol. The molecular formula is C13H20BrClN2O2S. The molecule has 0 aliphatic carbocycles. The van der Waals surface area contributed by atoms with Crippen LogP contribution in [0.3, 0.4) is 0 Å². The van der Waals surface area contributed by atoms with Crippen LogP contribution in [-0.4, -0.2) is 32.7 Å². The highest BCUT2D eigenvalue weighted by Gasteiger charge is 2.39. The van der Waals surface area contributed by atoms with Crippen molar-refractivity contribution in [3.63, 3.8) is 0 Å². The minimum atomic E-state index is -0.371. The summed E-state index contributed by atoms with van der Waals surface area (Å²) in [6.45, 7) is 2.82. The van der Waals surface area contributed by atoms with Gasteiger partial charge in [0.1, 0.15) is 0 Å². The minimum absolute atomic E-state index is 0. The Kier molecular flexibility index (Phi) is 7.47. The normalized spacial score (nSPS) is 17.3. The summed E-state index contributed by atoms with van der Waals surface area (Å²) in [5.41, 5.74) is -0.371. The van der Waals surface area contributed by atoms with Gasteiger partial charge in [0.05, 0.1) is 18.6 Å². The van der Waals surface area contributed by atoms with E-state index in [2.05, 4.69) is 26.6 Å². The van der Waals surface area contributed by atoms with Crippen molar-refractivity contribution >= 4 is 45.6 Å². The largest absolute Gasteiger partial charge is 0.384 e. The van der Waals surface area contributed by atoms with Gasteiger partial charge in [-0.1, -0.05) is 0 Å². The van der Waals surface area contributed by atoms with Crippen molar-refractivity contribution in [2.24, 2.45) is 5.41 Å². The number of halogens is 2. The first-order chi connectivity index (χ1) is 9.18. The fourth-order valence-corrected chi connectivity index (χ4v) is 3.85. The lowest BCUT2D eigenvalue weighted by Gasteiger charge is -2.35. The number of methoxy groups -OCH3 is 1. The quantitative estimate of drug-likeness (QED) is 0.821. The average molecular weight is 384 g/mol. The number of carbonyl (C=O) groups excluding carboxylic acids is 1. The van der Waals surface area contributed by atoms with Gasteiger partial charge in [-0.3, -0.25) is 4.79 Å². The lowest BCUT2D eigenvalue weighted by atomic mass is 9.78. The summed E-state index contributed by atoms with van der Waals surface area (Å²) in [6.07, 6.45) is 1.66. The van der Waals surface area contributed by atoms with E-state index in [0.717, 1.165) is 35.3 Å². The zero-order valence-corrected chi connectivity index (χ0v) is 14.6. The maximum absolute atomic E-state index is 12.5. The van der Waals surface area contributed by atoms with Crippen molar-refractivity contribution in [3.05, 3.63) is 20.8 Å². The highest BCUT2D eigenvalue weighted by atomic mass is 79.9. The molecule has 0 atom stereocenters. The molecule has 1 aliphatic rings. The molecular weight excluding hydrogens is 364 g/mol. The van der Waals surface area contributed by atoms with Gasteiger partial charge in [-0.25, -0.2) is 0 Å². The van der Waals surface area contributed by atoms with E-state index in [1.54, 1.807) is 18.4 Å². The Bertz CT molecular complexity index is 430. The summed E-state index contributed by atoms with van der Waals surface area (Å²) in [5, 5.41) is 8.36. The highest BCUT2D eigenvalue weighted by molar-refractivity contribution is 9.10. The second-order valence-corrected chi connectivity index (χ2v) is 6.69. The number of piperidine rings is 1. The molecule has 4 nitrogen and oxygen atoms in total. The summed E-state index contributed by atoms with van der Waals surface area (Å²) in [4.78, 5) is 13.6. The lowest BCUT2D eigenvalue weighted by molar-refractivity contribution is -0.136. The molecule has 114 valence electrons. The number of thiophene rings is 1. The predicted molar refractivity (Wildman–Crippen MR) is 87.5 cm³/mol. The van der Waals surface area contributed by atoms with E-state index in [1.807, 2.05) is 11.4 Å². The molecule has 1 aromatic heterocycles. The van der Waals surface area contributed by atoms with E-state index in [4.69, 9.17) is 4.74 Å². The van der Waals surface area contributed by atoms with Crippen LogP contribution in [0.15, 0.2) is 15.9 Å². The van der Waals surface area contributed by atoms with E-state index in [9.17, 15) is 4.79 Å². The molecule has 2 heterocycles. The van der Waals surface area contributed by atoms with Gasteiger partial charge in [-0.2, -0.15) is 0 Å². The SMILES string of the molecule is COCC1(C(=O)NCc2sccc2Br)CCNCC1.Cl. The van der Waals surface area contributed by atoms with E-state index in [0.29, 0.717) is 13.2 Å². The number of ether oxygens (including phenoxy) is 1. The molecule has 7 heteroatoms. The Morgan fingerprint density at radius 2 is 2.25 bits per heavy atom. The molecule has 1 aliphatic heterocycles. The Hall–Kier alpha value is -0.140. The van der Waals surface area contributed by atoms with Gasteiger partial charge in [-0.05, 0) is 53.3 Å². The van der Waals surface area contributed by atoms with Crippen LogP contribution in [0.4, 0.5) is 0 Å². The Labute approximate surface area is 138 Å². The van der Waals surface area contributed by atoms with Crippen molar-refractivity contribution in [1.29, 1.82) is 0 Å². The highest BCUT2D eigenvalue weighted by Crippen LogP contribution is 2.30. The number of carbonyl (C=O) groups is 1. The van der Waals surface area contributed by atoms with Crippen LogP contribution in [0.2, 0.25) is 0 Å². The van der Waals surface area contributed by atoms with Crippen LogP contribution in [0.5, 0.6) is 0 Å². The number of nitrogens with one attached hydrogen (secondary N) is 2.